The van der Waals surface area contributed by atoms with E-state index in [2.05, 4.69) is 15.2 Å². The number of halogens is 3. The number of nitrogens with zero attached hydrogens (tertiary/aromatic N) is 4. The van der Waals surface area contributed by atoms with Gasteiger partial charge in [-0.05, 0) is 82.2 Å². The van der Waals surface area contributed by atoms with E-state index in [4.69, 9.17) is 10.5 Å². The standard InChI is InChI=1S/C30H39F3N6O3/c1-28(32,33)17-38-10-3-7-29(38)8-4-18(5-9-29)21-15-30(21)14-19(26(34)40)6-11-39(30)27(41)24-13-23(36-37-24)20-12-25(42-2)35-16-22(20)31/h12-13,16,18-19,21H,3-11,14-15,17H2,1-2H3,(H2,34,40)(H,36,37). The number of rotatable bonds is 7. The van der Waals surface area contributed by atoms with Crippen LogP contribution in [0.5, 0.6) is 5.88 Å². The molecule has 2 aromatic rings. The molecule has 2 amide bonds. The van der Waals surface area contributed by atoms with Gasteiger partial charge in [0.25, 0.3) is 11.8 Å². The van der Waals surface area contributed by atoms with Gasteiger partial charge in [0.05, 0.1) is 25.5 Å². The summed E-state index contributed by atoms with van der Waals surface area (Å²) in [6.45, 7) is 1.90. The fourth-order valence-electron chi connectivity index (χ4n) is 8.33. The lowest BCUT2D eigenvalue weighted by molar-refractivity contribution is -0.124. The Bertz CT molecular complexity index is 1350. The molecule has 2 aromatic heterocycles. The molecule has 9 nitrogen and oxygen atoms in total. The first kappa shape index (κ1) is 28.9. The van der Waals surface area contributed by atoms with Crippen LogP contribution in [0.2, 0.25) is 0 Å². The van der Waals surface area contributed by atoms with Gasteiger partial charge < -0.3 is 15.4 Å². The number of piperidine rings is 1. The van der Waals surface area contributed by atoms with Crippen molar-refractivity contribution >= 4 is 11.8 Å². The molecule has 228 valence electrons. The van der Waals surface area contributed by atoms with Crippen LogP contribution in [0.4, 0.5) is 13.2 Å². The Labute approximate surface area is 243 Å². The van der Waals surface area contributed by atoms with Crippen LogP contribution < -0.4 is 10.5 Å². The van der Waals surface area contributed by atoms with E-state index in [1.807, 2.05) is 9.80 Å². The summed E-state index contributed by atoms with van der Waals surface area (Å²) in [5.74, 6) is -3.41. The normalized spacial score (nSPS) is 31.5. The molecular weight excluding hydrogens is 549 g/mol. The molecule has 2 aliphatic heterocycles. The summed E-state index contributed by atoms with van der Waals surface area (Å²) in [5, 5.41) is 7.01. The van der Waals surface area contributed by atoms with Crippen molar-refractivity contribution in [3.63, 3.8) is 0 Å². The van der Waals surface area contributed by atoms with Gasteiger partial charge in [-0.15, -0.1) is 0 Å². The van der Waals surface area contributed by atoms with Gasteiger partial charge in [-0.1, -0.05) is 0 Å². The van der Waals surface area contributed by atoms with Crippen molar-refractivity contribution in [2.24, 2.45) is 23.5 Å². The number of ether oxygens (including phenoxy) is 1. The Morgan fingerprint density at radius 1 is 1.17 bits per heavy atom. The molecule has 4 fully saturated rings. The van der Waals surface area contributed by atoms with Gasteiger partial charge in [0.1, 0.15) is 0 Å². The van der Waals surface area contributed by atoms with Gasteiger partial charge in [0, 0.05) is 42.1 Å². The molecule has 3 unspecified atom stereocenters. The third kappa shape index (κ3) is 5.16. The molecule has 2 saturated carbocycles. The summed E-state index contributed by atoms with van der Waals surface area (Å²) in [6.07, 6.45) is 8.30. The zero-order valence-electron chi connectivity index (χ0n) is 24.2. The summed E-state index contributed by atoms with van der Waals surface area (Å²) >= 11 is 0. The molecule has 2 spiro atoms. The molecule has 3 N–H and O–H groups in total. The van der Waals surface area contributed by atoms with Crippen molar-refractivity contribution in [3.8, 4) is 17.1 Å². The molecule has 6 rings (SSSR count). The molecule has 0 radical (unpaired) electrons. The molecule has 42 heavy (non-hydrogen) atoms. The van der Waals surface area contributed by atoms with Gasteiger partial charge in [-0.3, -0.25) is 19.6 Å². The average molecular weight is 589 g/mol. The minimum Gasteiger partial charge on any atom is -0.481 e. The molecule has 3 atom stereocenters. The number of H-pyrrole nitrogens is 1. The molecule has 2 aliphatic carbocycles. The van der Waals surface area contributed by atoms with Crippen molar-refractivity contribution in [1.82, 2.24) is 25.0 Å². The predicted molar refractivity (Wildman–Crippen MR) is 148 cm³/mol. The summed E-state index contributed by atoms with van der Waals surface area (Å²) in [5.41, 5.74) is 5.80. The number of likely N-dealkylation sites (tertiary alicyclic amines) is 2. The first-order chi connectivity index (χ1) is 19.9. The van der Waals surface area contributed by atoms with E-state index in [-0.39, 0.29) is 52.9 Å². The Hall–Kier alpha value is -3.15. The Morgan fingerprint density at radius 2 is 1.93 bits per heavy atom. The van der Waals surface area contributed by atoms with Crippen LogP contribution in [-0.2, 0) is 4.79 Å². The van der Waals surface area contributed by atoms with Crippen LogP contribution in [0.15, 0.2) is 18.3 Å². The van der Waals surface area contributed by atoms with E-state index in [0.29, 0.717) is 37.5 Å². The highest BCUT2D eigenvalue weighted by molar-refractivity contribution is 5.94. The van der Waals surface area contributed by atoms with Crippen LogP contribution >= 0.6 is 0 Å². The van der Waals surface area contributed by atoms with Crippen LogP contribution in [0.3, 0.4) is 0 Å². The second kappa shape index (κ2) is 10.5. The number of pyridine rings is 1. The lowest BCUT2D eigenvalue weighted by Crippen LogP contribution is -2.53. The second-order valence-electron chi connectivity index (χ2n) is 13.0. The highest BCUT2D eigenvalue weighted by atomic mass is 19.3. The maximum Gasteiger partial charge on any atom is 0.274 e. The molecule has 12 heteroatoms. The van der Waals surface area contributed by atoms with Crippen molar-refractivity contribution < 1.29 is 27.5 Å². The van der Waals surface area contributed by atoms with Gasteiger partial charge in [-0.2, -0.15) is 5.10 Å². The van der Waals surface area contributed by atoms with E-state index in [1.54, 1.807) is 0 Å². The minimum absolute atomic E-state index is 0.161. The van der Waals surface area contributed by atoms with Gasteiger partial charge in [0.2, 0.25) is 11.8 Å². The van der Waals surface area contributed by atoms with Crippen LogP contribution in [0, 0.1) is 23.6 Å². The van der Waals surface area contributed by atoms with Crippen molar-refractivity contribution in [3.05, 3.63) is 29.8 Å². The van der Waals surface area contributed by atoms with E-state index in [9.17, 15) is 22.8 Å². The SMILES string of the molecule is COc1cc(-c2cc(C(=O)N3CCC(C(N)=O)CC34CC4C3CCC4(CCCN4CC(C)(F)F)CC3)n[nH]2)c(F)cn1. The summed E-state index contributed by atoms with van der Waals surface area (Å²) in [7, 11) is 1.44. The summed E-state index contributed by atoms with van der Waals surface area (Å²) in [4.78, 5) is 33.9. The number of carbonyl (C=O) groups excluding carboxylic acids is 2. The third-order valence-corrected chi connectivity index (χ3v) is 10.5. The van der Waals surface area contributed by atoms with Gasteiger partial charge in [0.15, 0.2) is 11.5 Å². The molecule has 0 bridgehead atoms. The smallest absolute Gasteiger partial charge is 0.274 e. The average Bonchev–Trinajstić information content (AvgIpc) is 3.26. The first-order valence-electron chi connectivity index (χ1n) is 14.9. The third-order valence-electron chi connectivity index (χ3n) is 10.5. The number of nitrogens with one attached hydrogen (secondary N) is 1. The maximum absolute atomic E-state index is 14.5. The molecule has 2 saturated heterocycles. The van der Waals surface area contributed by atoms with Crippen LogP contribution in [0.1, 0.15) is 75.2 Å². The van der Waals surface area contributed by atoms with E-state index >= 15 is 0 Å². The number of aromatic amines is 1. The van der Waals surface area contributed by atoms with E-state index in [0.717, 1.165) is 58.1 Å². The Kier molecular flexibility index (Phi) is 7.26. The zero-order chi connectivity index (χ0) is 29.9. The van der Waals surface area contributed by atoms with Crippen LogP contribution in [0.25, 0.3) is 11.3 Å². The monoisotopic (exact) mass is 588 g/mol. The van der Waals surface area contributed by atoms with Crippen molar-refractivity contribution in [1.29, 1.82) is 0 Å². The number of nitrogens with two attached hydrogens (primary N) is 1. The topological polar surface area (TPSA) is 117 Å². The number of amides is 2. The van der Waals surface area contributed by atoms with Gasteiger partial charge >= 0.3 is 0 Å². The number of alkyl halides is 2. The number of carbonyl (C=O) groups is 2. The zero-order valence-corrected chi connectivity index (χ0v) is 24.2. The fraction of sp³-hybridized carbons (Fsp3) is 0.667. The highest BCUT2D eigenvalue weighted by Crippen LogP contribution is 2.62. The minimum atomic E-state index is -2.72. The van der Waals surface area contributed by atoms with Crippen LogP contribution in [-0.4, -0.2) is 80.5 Å². The number of methoxy groups -OCH3 is 1. The number of hydrogen-bond donors (Lipinski definition) is 2. The van der Waals surface area contributed by atoms with E-state index < -0.39 is 17.3 Å². The highest BCUT2D eigenvalue weighted by Gasteiger charge is 2.65. The second-order valence-corrected chi connectivity index (χ2v) is 13.0. The lowest BCUT2D eigenvalue weighted by atomic mass is 9.72. The quantitative estimate of drug-likeness (QED) is 0.496. The molecule has 4 aliphatic rings. The molecule has 4 heterocycles. The fourth-order valence-corrected chi connectivity index (χ4v) is 8.33. The molecule has 0 aromatic carbocycles. The Balaban J connectivity index is 1.20. The molecular formula is C30H39F3N6O3. The van der Waals surface area contributed by atoms with E-state index in [1.165, 1.54) is 19.2 Å². The summed E-state index contributed by atoms with van der Waals surface area (Å²) < 4.78 is 47.5. The Morgan fingerprint density at radius 3 is 2.62 bits per heavy atom. The number of hydrogen-bond acceptors (Lipinski definition) is 6. The summed E-state index contributed by atoms with van der Waals surface area (Å²) in [6, 6.07) is 2.98. The van der Waals surface area contributed by atoms with Crippen molar-refractivity contribution in [2.45, 2.75) is 81.7 Å². The lowest BCUT2D eigenvalue weighted by Gasteiger charge is -2.46. The maximum atomic E-state index is 14.5. The predicted octanol–water partition coefficient (Wildman–Crippen LogP) is 4.40. The number of primary amides is 1. The van der Waals surface area contributed by atoms with Crippen molar-refractivity contribution in [2.75, 3.05) is 26.7 Å². The first-order valence-corrected chi connectivity index (χ1v) is 14.9. The van der Waals surface area contributed by atoms with Gasteiger partial charge in [-0.25, -0.2) is 18.2 Å². The number of aromatic nitrogens is 3. The largest absolute Gasteiger partial charge is 0.481 e.